The third-order valence-electron chi connectivity index (χ3n) is 10.2. The fourth-order valence-electron chi connectivity index (χ4n) is 7.23. The SMILES string of the molecule is CC(C)(C)OC(=O)N[C@H]1CCCCC/C=C\[C@@H]2C[C@@]2(C(=O)NS(=O)(=O)C2CC2)NC(=O)[C@@H]2C[C@@H](OC(=O)N3Cc4ccccc4C(O)C3)CN2C1=O. The summed E-state index contributed by atoms with van der Waals surface area (Å²) < 4.78 is 39.0. The van der Waals surface area contributed by atoms with Crippen molar-refractivity contribution < 1.29 is 47.0 Å². The van der Waals surface area contributed by atoms with Crippen molar-refractivity contribution in [2.75, 3.05) is 13.1 Å². The lowest BCUT2D eigenvalue weighted by molar-refractivity contribution is -0.141. The van der Waals surface area contributed by atoms with Crippen LogP contribution in [-0.2, 0) is 40.4 Å². The van der Waals surface area contributed by atoms with Crippen molar-refractivity contribution in [3.05, 3.63) is 47.5 Å². The third kappa shape index (κ3) is 8.54. The maximum absolute atomic E-state index is 14.3. The molecule has 0 aromatic heterocycles. The summed E-state index contributed by atoms with van der Waals surface area (Å²) in [6.45, 7) is 5.11. The molecule has 1 aromatic carbocycles. The number of aliphatic hydroxyl groups is 1. The molecule has 3 heterocycles. The number of amides is 5. The highest BCUT2D eigenvalue weighted by Crippen LogP contribution is 2.46. The molecule has 3 aliphatic heterocycles. The largest absolute Gasteiger partial charge is 0.444 e. The minimum absolute atomic E-state index is 0.00664. The molecule has 2 saturated carbocycles. The second-order valence-electron chi connectivity index (χ2n) is 15.6. The zero-order valence-electron chi connectivity index (χ0n) is 29.8. The molecule has 284 valence electrons. The molecule has 1 aromatic rings. The Morgan fingerprint density at radius 3 is 2.52 bits per heavy atom. The number of benzene rings is 1. The normalized spacial score (nSPS) is 30.3. The van der Waals surface area contributed by atoms with Gasteiger partial charge in [-0.25, -0.2) is 18.0 Å². The van der Waals surface area contributed by atoms with Crippen LogP contribution in [-0.4, -0.2) is 101 Å². The average Bonchev–Trinajstić information content (AvgIpc) is 3.99. The molecule has 0 radical (unpaired) electrons. The molecule has 3 fully saturated rings. The molecule has 6 rings (SSSR count). The average molecular weight is 744 g/mol. The van der Waals surface area contributed by atoms with Crippen molar-refractivity contribution in [2.45, 2.75) is 126 Å². The molecule has 16 heteroatoms. The number of ether oxygens (including phenoxy) is 2. The van der Waals surface area contributed by atoms with Gasteiger partial charge in [-0.05, 0) is 70.4 Å². The molecule has 5 amide bonds. The molecular weight excluding hydrogens is 694 g/mol. The summed E-state index contributed by atoms with van der Waals surface area (Å²) in [5.74, 6) is -2.60. The van der Waals surface area contributed by atoms with Gasteiger partial charge in [-0.1, -0.05) is 49.3 Å². The zero-order chi connectivity index (χ0) is 37.4. The number of nitrogens with zero attached hydrogens (tertiary/aromatic N) is 2. The number of hydrogen-bond donors (Lipinski definition) is 4. The lowest BCUT2D eigenvalue weighted by atomic mass is 9.98. The van der Waals surface area contributed by atoms with E-state index in [1.807, 2.05) is 30.4 Å². The molecule has 52 heavy (non-hydrogen) atoms. The molecule has 15 nitrogen and oxygen atoms in total. The first-order chi connectivity index (χ1) is 24.6. The van der Waals surface area contributed by atoms with Crippen LogP contribution in [0.1, 0.15) is 95.8 Å². The summed E-state index contributed by atoms with van der Waals surface area (Å²) in [5, 5.41) is 15.5. The Labute approximate surface area is 303 Å². The van der Waals surface area contributed by atoms with E-state index in [1.165, 1.54) is 9.80 Å². The van der Waals surface area contributed by atoms with Crippen LogP contribution >= 0.6 is 0 Å². The second-order valence-corrected chi connectivity index (χ2v) is 17.5. The van der Waals surface area contributed by atoms with E-state index in [0.29, 0.717) is 25.7 Å². The van der Waals surface area contributed by atoms with Crippen LogP contribution < -0.4 is 15.4 Å². The molecule has 1 saturated heterocycles. The van der Waals surface area contributed by atoms with Crippen LogP contribution in [0.5, 0.6) is 0 Å². The predicted octanol–water partition coefficient (Wildman–Crippen LogP) is 2.54. The summed E-state index contributed by atoms with van der Waals surface area (Å²) in [6.07, 6.45) is 4.29. The molecule has 6 atom stereocenters. The van der Waals surface area contributed by atoms with Crippen molar-refractivity contribution >= 4 is 39.9 Å². The van der Waals surface area contributed by atoms with Crippen LogP contribution in [0.25, 0.3) is 0 Å². The molecule has 1 unspecified atom stereocenters. The van der Waals surface area contributed by atoms with Crippen LogP contribution in [0.3, 0.4) is 0 Å². The van der Waals surface area contributed by atoms with Gasteiger partial charge in [-0.15, -0.1) is 0 Å². The molecule has 5 aliphatic rings. The van der Waals surface area contributed by atoms with E-state index in [9.17, 15) is 37.5 Å². The number of allylic oxidation sites excluding steroid dienone is 1. The van der Waals surface area contributed by atoms with Crippen LogP contribution in [0.15, 0.2) is 36.4 Å². The van der Waals surface area contributed by atoms with Crippen molar-refractivity contribution in [1.82, 2.24) is 25.2 Å². The number of hydrogen-bond acceptors (Lipinski definition) is 10. The van der Waals surface area contributed by atoms with Gasteiger partial charge >= 0.3 is 12.2 Å². The summed E-state index contributed by atoms with van der Waals surface area (Å²) in [7, 11) is -3.92. The number of fused-ring (bicyclic) bond motifs is 3. The third-order valence-corrected chi connectivity index (χ3v) is 12.0. The highest BCUT2D eigenvalue weighted by molar-refractivity contribution is 7.91. The summed E-state index contributed by atoms with van der Waals surface area (Å²) in [5.41, 5.74) is -0.895. The van der Waals surface area contributed by atoms with E-state index >= 15 is 0 Å². The van der Waals surface area contributed by atoms with Gasteiger partial charge in [-0.2, -0.15) is 0 Å². The van der Waals surface area contributed by atoms with Crippen LogP contribution in [0.2, 0.25) is 0 Å². The minimum Gasteiger partial charge on any atom is -0.444 e. The zero-order valence-corrected chi connectivity index (χ0v) is 30.7. The number of rotatable bonds is 5. The number of carbonyl (C=O) groups is 5. The summed E-state index contributed by atoms with van der Waals surface area (Å²) >= 11 is 0. The van der Waals surface area contributed by atoms with E-state index in [1.54, 1.807) is 26.8 Å². The van der Waals surface area contributed by atoms with Gasteiger partial charge in [0, 0.05) is 18.9 Å². The molecule has 0 bridgehead atoms. The summed E-state index contributed by atoms with van der Waals surface area (Å²) in [6, 6.07) is 4.94. The smallest absolute Gasteiger partial charge is 0.410 e. The molecule has 2 aliphatic carbocycles. The van der Waals surface area contributed by atoms with E-state index in [0.717, 1.165) is 24.0 Å². The van der Waals surface area contributed by atoms with Crippen molar-refractivity contribution in [2.24, 2.45) is 5.92 Å². The van der Waals surface area contributed by atoms with Crippen LogP contribution in [0.4, 0.5) is 9.59 Å². The van der Waals surface area contributed by atoms with Crippen molar-refractivity contribution in [3.8, 4) is 0 Å². The second kappa shape index (κ2) is 14.7. The van der Waals surface area contributed by atoms with Crippen molar-refractivity contribution in [3.63, 3.8) is 0 Å². The lowest BCUT2D eigenvalue weighted by Crippen LogP contribution is -2.58. The van der Waals surface area contributed by atoms with Gasteiger partial charge < -0.3 is 35.0 Å². The fourth-order valence-corrected chi connectivity index (χ4v) is 8.60. The number of alkyl carbamates (subject to hydrolysis) is 1. The van der Waals surface area contributed by atoms with E-state index in [-0.39, 0.29) is 38.9 Å². The first-order valence-electron chi connectivity index (χ1n) is 18.1. The standard InChI is InChI=1S/C36H49N5O10S/c1-35(2,3)51-33(46)37-27-14-8-6-4-5-7-12-23-18-36(23,32(45)39-52(48,49)25-15-16-25)38-30(43)28-17-24(20-41(28)31(27)44)50-34(47)40-19-22-11-9-10-13-26(22)29(42)21-40/h7,9-13,23-25,27-29,42H,4-6,8,14-21H2,1-3H3,(H,37,46)(H,38,43)(H,39,45)/b12-7-/t23-,24-,27+,28+,29?,36-/m1/s1. The number of aliphatic hydroxyl groups excluding tert-OH is 1. The van der Waals surface area contributed by atoms with E-state index in [2.05, 4.69) is 15.4 Å². The first kappa shape index (κ1) is 37.6. The number of nitrogens with one attached hydrogen (secondary N) is 3. The highest BCUT2D eigenvalue weighted by Gasteiger charge is 2.62. The van der Waals surface area contributed by atoms with Gasteiger partial charge in [0.1, 0.15) is 29.3 Å². The topological polar surface area (TPSA) is 201 Å². The Morgan fingerprint density at radius 2 is 1.79 bits per heavy atom. The van der Waals surface area contributed by atoms with Gasteiger partial charge in [0.15, 0.2) is 0 Å². The Balaban J connectivity index is 1.25. The molecule has 0 spiro atoms. The van der Waals surface area contributed by atoms with E-state index < -0.39 is 86.5 Å². The Bertz CT molecular complexity index is 1720. The van der Waals surface area contributed by atoms with Crippen LogP contribution in [0, 0.1) is 5.92 Å². The number of carbonyl (C=O) groups excluding carboxylic acids is 5. The quantitative estimate of drug-likeness (QED) is 0.325. The van der Waals surface area contributed by atoms with Gasteiger partial charge in [-0.3, -0.25) is 19.1 Å². The first-order valence-corrected chi connectivity index (χ1v) is 19.7. The highest BCUT2D eigenvalue weighted by atomic mass is 32.2. The van der Waals surface area contributed by atoms with Crippen molar-refractivity contribution in [1.29, 1.82) is 0 Å². The van der Waals surface area contributed by atoms with Gasteiger partial charge in [0.25, 0.3) is 5.91 Å². The Morgan fingerprint density at radius 1 is 1.04 bits per heavy atom. The maximum Gasteiger partial charge on any atom is 0.410 e. The Kier molecular flexibility index (Phi) is 10.6. The number of β-amino-alcohol motifs (C(OH)–C–C–N with tert-alkyl or cyclic N) is 1. The lowest BCUT2D eigenvalue weighted by Gasteiger charge is -2.32. The Hall–Kier alpha value is -4.18. The monoisotopic (exact) mass is 743 g/mol. The molecular formula is C36H49N5O10S. The van der Waals surface area contributed by atoms with Gasteiger partial charge in [0.2, 0.25) is 21.8 Å². The molecule has 4 N–H and O–H groups in total. The fraction of sp³-hybridized carbons (Fsp3) is 0.639. The maximum atomic E-state index is 14.3. The summed E-state index contributed by atoms with van der Waals surface area (Å²) in [4.78, 5) is 71.1. The predicted molar refractivity (Wildman–Crippen MR) is 187 cm³/mol. The minimum atomic E-state index is -3.92. The van der Waals surface area contributed by atoms with E-state index in [4.69, 9.17) is 9.47 Å². The number of sulfonamides is 1. The van der Waals surface area contributed by atoms with Gasteiger partial charge in [0.05, 0.1) is 24.4 Å².